The van der Waals surface area contributed by atoms with Crippen LogP contribution < -0.4 is 0 Å². The van der Waals surface area contributed by atoms with Crippen LogP contribution in [0.1, 0.15) is 0 Å². The van der Waals surface area contributed by atoms with Gasteiger partial charge in [-0.25, -0.2) is 28.8 Å². The molecule has 34 heteroatoms. The summed E-state index contributed by atoms with van der Waals surface area (Å²) >= 11 is 0. The predicted molar refractivity (Wildman–Crippen MR) is 221 cm³/mol. The highest BCUT2D eigenvalue weighted by Crippen LogP contribution is 2.35. The zero-order valence-corrected chi connectivity index (χ0v) is 39.3. The monoisotopic (exact) mass is 996 g/mol. The number of rotatable bonds is 24. The van der Waals surface area contributed by atoms with Crippen LogP contribution in [0, 0.1) is 0 Å². The lowest BCUT2D eigenvalue weighted by atomic mass is 10.3. The number of aliphatic hydroxyl groups is 8. The van der Waals surface area contributed by atoms with Gasteiger partial charge in [-0.3, -0.25) is 58.8 Å². The number of amides is 12. The lowest BCUT2D eigenvalue weighted by Crippen LogP contribution is -2.48. The first-order valence-corrected chi connectivity index (χ1v) is 19.8. The fourth-order valence-corrected chi connectivity index (χ4v) is 6.84. The highest BCUT2D eigenvalue weighted by atomic mass is 16.5. The second-order valence-corrected chi connectivity index (χ2v) is 13.7. The molecule has 396 valence electrons. The number of hydrogen-bond acceptors (Lipinski definition) is 22. The average molecular weight is 997 g/mol. The van der Waals surface area contributed by atoms with Crippen molar-refractivity contribution in [1.82, 2.24) is 58.8 Å². The van der Waals surface area contributed by atoms with E-state index in [1.165, 1.54) is 86.3 Å². The molecule has 0 aromatic rings. The van der Waals surface area contributed by atoms with Gasteiger partial charge in [-0.2, -0.15) is 0 Å². The lowest BCUT2D eigenvalue weighted by Gasteiger charge is -2.28. The van der Waals surface area contributed by atoms with Crippen molar-refractivity contribution < 1.29 is 108 Å². The van der Waals surface area contributed by atoms with Crippen LogP contribution in [-0.2, 0) is 37.9 Å². The van der Waals surface area contributed by atoms with E-state index in [-0.39, 0.29) is 71.9 Å². The van der Waals surface area contributed by atoms with E-state index in [9.17, 15) is 28.8 Å². The molecule has 4 heterocycles. The van der Waals surface area contributed by atoms with Gasteiger partial charge in [0.05, 0.1) is 0 Å². The Morgan fingerprint density at radius 2 is 0.544 bits per heavy atom. The van der Waals surface area contributed by atoms with Crippen LogP contribution in [0.15, 0.2) is 0 Å². The molecule has 8 N–H and O–H groups in total. The molecule has 4 fully saturated rings. The molecule has 4 saturated heterocycles. The first-order chi connectivity index (χ1) is 32.6. The molecule has 0 atom stereocenters. The van der Waals surface area contributed by atoms with Crippen molar-refractivity contribution in [2.24, 2.45) is 0 Å². The van der Waals surface area contributed by atoms with Crippen molar-refractivity contribution in [1.29, 1.82) is 0 Å². The summed E-state index contributed by atoms with van der Waals surface area (Å²) in [5, 5.41) is 70.6. The van der Waals surface area contributed by atoms with Crippen molar-refractivity contribution in [2.75, 3.05) is 165 Å². The maximum absolute atomic E-state index is 12.6. The summed E-state index contributed by atoms with van der Waals surface area (Å²) < 4.78 is 40.0. The minimum Gasteiger partial charge on any atom is -0.376 e. The molecular formula is C34H68N12O22. The third-order valence-electron chi connectivity index (χ3n) is 9.64. The smallest absolute Gasteiger partial charge is 0.327 e. The Kier molecular flexibility index (Phi) is 28.6. The summed E-state index contributed by atoms with van der Waals surface area (Å²) in [5.41, 5.74) is 0. The van der Waals surface area contributed by atoms with Crippen LogP contribution in [0.2, 0.25) is 0 Å². The molecular weight excluding hydrogens is 928 g/mol. The van der Waals surface area contributed by atoms with Crippen molar-refractivity contribution in [3.63, 3.8) is 0 Å². The molecule has 0 unspecified atom stereocenters. The number of aliphatic hydroxyl groups excluding tert-OH is 8. The molecule has 4 aliphatic rings. The number of carbonyl (C=O) groups excluding carboxylic acids is 6. The Morgan fingerprint density at radius 3 is 0.721 bits per heavy atom. The molecule has 4 aliphatic heterocycles. The number of carbonyl (C=O) groups is 6. The van der Waals surface area contributed by atoms with Crippen LogP contribution in [0.4, 0.5) is 28.8 Å². The molecule has 0 saturated carbocycles. The number of urea groups is 6. The summed E-state index contributed by atoms with van der Waals surface area (Å²) in [5.74, 6) is 0. The van der Waals surface area contributed by atoms with Gasteiger partial charge < -0.3 is 78.7 Å². The van der Waals surface area contributed by atoms with E-state index < -0.39 is 96.6 Å². The van der Waals surface area contributed by atoms with Crippen molar-refractivity contribution in [3.8, 4) is 0 Å². The average Bonchev–Trinajstić information content (AvgIpc) is 3.96. The van der Waals surface area contributed by atoms with Gasteiger partial charge in [-0.1, -0.05) is 0 Å². The van der Waals surface area contributed by atoms with E-state index in [4.69, 9.17) is 78.7 Å². The van der Waals surface area contributed by atoms with Gasteiger partial charge >= 0.3 is 36.2 Å². The standard InChI is InChI=1S/C12H22N4O6.C9H20N2O5.C8H14N4O6.C5H12N2O5/c1-19-5-13-9-10(15(7-21-3)11(13)17)16(8-22-4)12(18)14(9)6-20-2;1-13-5-10(6-14-2)9(12)11(7-15-3)8-16-4;13-1-9-5-6(11(3-15)7(9)17)12(4-16)8(18)10(5)2-14;8-1-6(2-9)5(12)7(3-10)4-11/h9-10H,5-8H2,1-4H3;5-8H2,1-4H3;5-6,13-16H,1-4H2;8-11H,1-4H2. The highest BCUT2D eigenvalue weighted by Gasteiger charge is 2.60. The summed E-state index contributed by atoms with van der Waals surface area (Å²) in [4.78, 5) is 85.2. The summed E-state index contributed by atoms with van der Waals surface area (Å²) in [6.07, 6.45) is -2.94. The van der Waals surface area contributed by atoms with Gasteiger partial charge in [-0.15, -0.1) is 0 Å². The normalized spacial score (nSPS) is 19.4. The van der Waals surface area contributed by atoms with Crippen LogP contribution in [0.25, 0.3) is 0 Å². The van der Waals surface area contributed by atoms with Gasteiger partial charge in [0.1, 0.15) is 108 Å². The molecule has 12 amide bonds. The molecule has 4 rings (SSSR count). The third-order valence-corrected chi connectivity index (χ3v) is 9.64. The molecule has 0 aromatic heterocycles. The number of nitrogens with zero attached hydrogens (tertiary/aromatic N) is 12. The summed E-state index contributed by atoms with van der Waals surface area (Å²) in [6, 6.07) is -3.02. The van der Waals surface area contributed by atoms with Gasteiger partial charge in [0.25, 0.3) is 0 Å². The Labute approximate surface area is 391 Å². The number of fused-ring (bicyclic) bond motifs is 2. The van der Waals surface area contributed by atoms with Crippen molar-refractivity contribution in [2.45, 2.75) is 24.7 Å². The van der Waals surface area contributed by atoms with Crippen molar-refractivity contribution in [3.05, 3.63) is 0 Å². The van der Waals surface area contributed by atoms with E-state index in [1.54, 1.807) is 0 Å². The summed E-state index contributed by atoms with van der Waals surface area (Å²) in [6.45, 7) is -4.51. The molecule has 0 spiro atoms. The van der Waals surface area contributed by atoms with Gasteiger partial charge in [0, 0.05) is 56.9 Å². The van der Waals surface area contributed by atoms with Crippen molar-refractivity contribution >= 4 is 36.2 Å². The van der Waals surface area contributed by atoms with Gasteiger partial charge in [0.2, 0.25) is 0 Å². The van der Waals surface area contributed by atoms with E-state index >= 15 is 0 Å². The Hall–Kier alpha value is -5.02. The predicted octanol–water partition coefficient (Wildman–Crippen LogP) is -5.92. The maximum Gasteiger partial charge on any atom is 0.327 e. The second kappa shape index (κ2) is 31.9. The van der Waals surface area contributed by atoms with E-state index in [1.807, 2.05) is 0 Å². The van der Waals surface area contributed by atoms with Crippen LogP contribution in [-0.4, -0.2) is 325 Å². The number of ether oxygens (including phenoxy) is 8. The molecule has 0 bridgehead atoms. The van der Waals surface area contributed by atoms with Crippen LogP contribution in [0.3, 0.4) is 0 Å². The fourth-order valence-electron chi connectivity index (χ4n) is 6.84. The second-order valence-electron chi connectivity index (χ2n) is 13.7. The van der Waals surface area contributed by atoms with E-state index in [0.717, 1.165) is 19.6 Å². The minimum absolute atomic E-state index is 0.0640. The summed E-state index contributed by atoms with van der Waals surface area (Å²) in [7, 11) is 12.0. The highest BCUT2D eigenvalue weighted by molar-refractivity contribution is 5.86. The molecule has 68 heavy (non-hydrogen) atoms. The van der Waals surface area contributed by atoms with Crippen LogP contribution >= 0.6 is 0 Å². The Bertz CT molecular complexity index is 1350. The first kappa shape index (κ1) is 61.0. The zero-order valence-electron chi connectivity index (χ0n) is 39.3. The van der Waals surface area contributed by atoms with Crippen LogP contribution in [0.5, 0.6) is 0 Å². The zero-order chi connectivity index (χ0) is 51.7. The molecule has 0 radical (unpaired) electrons. The Balaban J connectivity index is 0.000000464. The maximum atomic E-state index is 12.6. The van der Waals surface area contributed by atoms with E-state index in [0.29, 0.717) is 9.80 Å². The minimum atomic E-state index is -0.945. The van der Waals surface area contributed by atoms with Gasteiger partial charge in [-0.05, 0) is 0 Å². The third kappa shape index (κ3) is 14.5. The molecule has 34 nitrogen and oxygen atoms in total. The molecule has 0 aliphatic carbocycles. The van der Waals surface area contributed by atoms with E-state index in [2.05, 4.69) is 0 Å². The number of methoxy groups -OCH3 is 8. The topological polar surface area (TPSA) is 377 Å². The number of hydrogen-bond donors (Lipinski definition) is 8. The van der Waals surface area contributed by atoms with Gasteiger partial charge in [0.15, 0.2) is 24.7 Å². The largest absolute Gasteiger partial charge is 0.376 e. The fraction of sp³-hybridized carbons (Fsp3) is 0.824. The molecule has 0 aromatic carbocycles. The lowest BCUT2D eigenvalue weighted by molar-refractivity contribution is -0.0338. The first-order valence-electron chi connectivity index (χ1n) is 19.8. The Morgan fingerprint density at radius 1 is 0.353 bits per heavy atom. The quantitative estimate of drug-likeness (QED) is 0.0417. The SMILES string of the molecule is COCN(COC)C(=O)N(COC)COC.COCN1C(=O)N(COC)C2C1N(COC)C(=O)N2COC.O=C(N(CO)CO)N(CO)CO.O=C1N(CO)C2C(N1CO)N(CO)C(=O)N2CO.